The van der Waals surface area contributed by atoms with E-state index in [1.807, 2.05) is 0 Å². The van der Waals surface area contributed by atoms with Gasteiger partial charge >= 0.3 is 17.4 Å². The molecule has 1 radical (unpaired) electrons. The van der Waals surface area contributed by atoms with Gasteiger partial charge in [0.2, 0.25) is 0 Å². The second kappa shape index (κ2) is 13.9. The van der Waals surface area contributed by atoms with Crippen molar-refractivity contribution in [2.75, 3.05) is 0 Å². The van der Waals surface area contributed by atoms with Gasteiger partial charge in [0.15, 0.2) is 0 Å². The van der Waals surface area contributed by atoms with Crippen molar-refractivity contribution in [3.8, 4) is 0 Å². The van der Waals surface area contributed by atoms with Crippen molar-refractivity contribution in [1.82, 2.24) is 0 Å². The Morgan fingerprint density at radius 3 is 1.67 bits per heavy atom. The molecule has 0 spiro atoms. The van der Waals surface area contributed by atoms with Gasteiger partial charge in [0.05, 0.1) is 0 Å². The average molecular weight is 220 g/mol. The first-order valence-corrected chi connectivity index (χ1v) is 3.39. The Kier molecular flexibility index (Phi) is 26.4. The normalized spacial score (nSPS) is 15.8. The van der Waals surface area contributed by atoms with Gasteiger partial charge in [0, 0.05) is 18.0 Å². The van der Waals surface area contributed by atoms with Crippen LogP contribution in [0.2, 0.25) is 0 Å². The molecule has 1 saturated carbocycles. The maximum atomic E-state index is 10.2. The Morgan fingerprint density at radius 2 is 1.42 bits per heavy atom. The standard InChI is InChI=1S/C6H13NO.Cr.3H2O/c8-7-6-4-2-1-3-5-6;;;;/h6H,1-5,7H2;;3*1H2/q+1;+2;;;/p-1. The van der Waals surface area contributed by atoms with Crippen molar-refractivity contribution in [2.24, 2.45) is 0 Å². The summed E-state index contributed by atoms with van der Waals surface area (Å²) in [5.74, 6) is 0. The summed E-state index contributed by atoms with van der Waals surface area (Å²) >= 11 is 0. The molecule has 5 nitrogen and oxygen atoms in total. The van der Waals surface area contributed by atoms with Crippen LogP contribution in [-0.2, 0) is 22.6 Å². The van der Waals surface area contributed by atoms with Crippen molar-refractivity contribution in [1.29, 1.82) is 0 Å². The van der Waals surface area contributed by atoms with Crippen LogP contribution in [0.1, 0.15) is 32.1 Å². The molecular weight excluding hydrogens is 202 g/mol. The van der Waals surface area contributed by atoms with Crippen LogP contribution in [0, 0.1) is 0 Å². The van der Waals surface area contributed by atoms with Gasteiger partial charge in [0.25, 0.3) is 0 Å². The third-order valence-electron chi connectivity index (χ3n) is 1.84. The third-order valence-corrected chi connectivity index (χ3v) is 1.84. The van der Waals surface area contributed by atoms with Gasteiger partial charge in [-0.3, -0.25) is 0 Å². The number of rotatable bonds is 1. The fourth-order valence-electron chi connectivity index (χ4n) is 1.27. The molecule has 0 saturated heterocycles. The summed E-state index contributed by atoms with van der Waals surface area (Å²) in [6.45, 7) is 0. The third kappa shape index (κ3) is 8.43. The van der Waals surface area contributed by atoms with Gasteiger partial charge in [-0.1, -0.05) is 6.42 Å². The molecule has 0 unspecified atom stereocenters. The van der Waals surface area contributed by atoms with E-state index in [-0.39, 0.29) is 33.8 Å². The van der Waals surface area contributed by atoms with Crippen LogP contribution in [0.3, 0.4) is 0 Å². The summed E-state index contributed by atoms with van der Waals surface area (Å²) in [6, 6.07) is 0.406. The van der Waals surface area contributed by atoms with E-state index in [0.717, 1.165) is 18.3 Å². The summed E-state index contributed by atoms with van der Waals surface area (Å²) in [5, 5.41) is 10.2. The number of nitrogens with two attached hydrogens (primary N) is 1. The summed E-state index contributed by atoms with van der Waals surface area (Å²) in [4.78, 5) is 0. The second-order valence-electron chi connectivity index (χ2n) is 2.53. The van der Waals surface area contributed by atoms with E-state index in [1.54, 1.807) is 0 Å². The molecule has 0 aromatic carbocycles. The molecule has 0 bridgehead atoms. The topological polar surface area (TPSA) is 130 Å². The zero-order chi connectivity index (χ0) is 5.82. The fourth-order valence-corrected chi connectivity index (χ4v) is 1.27. The minimum Gasteiger partial charge on any atom is -0.870 e. The average Bonchev–Trinajstić information content (AvgIpc) is 1.90. The van der Waals surface area contributed by atoms with Crippen LogP contribution in [0.25, 0.3) is 0 Å². The van der Waals surface area contributed by atoms with Gasteiger partial charge in [-0.05, 0) is 12.8 Å². The van der Waals surface area contributed by atoms with E-state index in [1.165, 1.54) is 19.3 Å². The van der Waals surface area contributed by atoms with Crippen molar-refractivity contribution in [3.63, 3.8) is 0 Å². The summed E-state index contributed by atoms with van der Waals surface area (Å²) < 4.78 is 0. The molecule has 0 aromatic heterocycles. The molecule has 0 amide bonds. The van der Waals surface area contributed by atoms with Crippen molar-refractivity contribution in [3.05, 3.63) is 0 Å². The quantitative estimate of drug-likeness (QED) is 0.524. The summed E-state index contributed by atoms with van der Waals surface area (Å²) in [6.07, 6.45) is 6.16. The SMILES string of the molecule is O.O.[Cr+2].[OH-].[O][NH2+]C1CCCCC1. The summed E-state index contributed by atoms with van der Waals surface area (Å²) in [7, 11) is 0. The van der Waals surface area contributed by atoms with Gasteiger partial charge < -0.3 is 16.4 Å². The summed E-state index contributed by atoms with van der Waals surface area (Å²) in [5.41, 5.74) is 1.11. The molecule has 1 aliphatic rings. The maximum absolute atomic E-state index is 10.2. The molecule has 12 heavy (non-hydrogen) atoms. The Bertz CT molecular complexity index is 70.6. The van der Waals surface area contributed by atoms with E-state index in [4.69, 9.17) is 0 Å². The van der Waals surface area contributed by atoms with Crippen molar-refractivity contribution < 1.29 is 44.5 Å². The largest absolute Gasteiger partial charge is 2.00 e. The Hall–Kier alpha value is 0.332. The van der Waals surface area contributed by atoms with Gasteiger partial charge in [-0.2, -0.15) is 5.48 Å². The van der Waals surface area contributed by atoms with Gasteiger partial charge in [-0.25, -0.2) is 0 Å². The number of hydroxylamine groups is 1. The van der Waals surface area contributed by atoms with Crippen LogP contribution >= 0.6 is 0 Å². The van der Waals surface area contributed by atoms with Crippen molar-refractivity contribution in [2.45, 2.75) is 38.1 Å². The zero-order valence-electron chi connectivity index (χ0n) is 6.95. The van der Waals surface area contributed by atoms with E-state index in [0.29, 0.717) is 6.04 Å². The predicted molar refractivity (Wildman–Crippen MR) is 38.6 cm³/mol. The molecule has 0 atom stereocenters. The van der Waals surface area contributed by atoms with Crippen LogP contribution in [0.5, 0.6) is 0 Å². The van der Waals surface area contributed by atoms with Gasteiger partial charge in [-0.15, -0.1) is 0 Å². The molecule has 75 valence electrons. The molecule has 1 fully saturated rings. The first kappa shape index (κ1) is 22.8. The minimum atomic E-state index is 0. The Morgan fingerprint density at radius 1 is 1.00 bits per heavy atom. The number of quaternary nitrogens is 1. The smallest absolute Gasteiger partial charge is 0.870 e. The predicted octanol–water partition coefficient (Wildman–Crippen LogP) is -1.60. The second-order valence-corrected chi connectivity index (χ2v) is 2.53. The van der Waals surface area contributed by atoms with Crippen LogP contribution < -0.4 is 5.48 Å². The zero-order valence-corrected chi connectivity index (χ0v) is 8.23. The molecule has 7 N–H and O–H groups in total. The monoisotopic (exact) mass is 220 g/mol. The number of hydrogen-bond donors (Lipinski definition) is 1. The van der Waals surface area contributed by atoms with E-state index in [9.17, 15) is 5.21 Å². The fraction of sp³-hybridized carbons (Fsp3) is 1.00. The maximum Gasteiger partial charge on any atom is 2.00 e. The van der Waals surface area contributed by atoms with E-state index >= 15 is 0 Å². The van der Waals surface area contributed by atoms with Crippen LogP contribution in [0.15, 0.2) is 0 Å². The molecule has 0 aromatic rings. The molecule has 0 heterocycles. The van der Waals surface area contributed by atoms with E-state index in [2.05, 4.69) is 0 Å². The Balaban J connectivity index is -0.0000000800. The van der Waals surface area contributed by atoms with Gasteiger partial charge in [0.1, 0.15) is 6.04 Å². The van der Waals surface area contributed by atoms with E-state index < -0.39 is 0 Å². The molecule has 6 heteroatoms. The van der Waals surface area contributed by atoms with Crippen LogP contribution in [-0.4, -0.2) is 22.5 Å². The van der Waals surface area contributed by atoms with Crippen LogP contribution in [0.4, 0.5) is 0 Å². The first-order valence-electron chi connectivity index (χ1n) is 3.39. The number of hydrogen-bond acceptors (Lipinski definition) is 1. The molecule has 1 rings (SSSR count). The molecular formula is C6H18CrNO4+2. The van der Waals surface area contributed by atoms with Crippen molar-refractivity contribution >= 4 is 0 Å². The molecule has 0 aliphatic heterocycles. The Labute approximate surface area is 83.2 Å². The first-order chi connectivity index (χ1) is 3.93. The molecule has 1 aliphatic carbocycles. The minimum absolute atomic E-state index is 0.